The molecule has 1 heterocycles. The molecule has 1 saturated heterocycles. The standard InChI is InChI=1S/C17H30N2O6/c1-16(2,3)25-15(22)18-12(6-7-13(20)23-5)14(21)19-17(4)8-10-24-11-9-17/h12H,6-11H2,1-5H3,(H,18,22)(H,19,21)/t12-/m1/s1. The lowest BCUT2D eigenvalue weighted by Crippen LogP contribution is -2.56. The van der Waals surface area contributed by atoms with Crippen LogP contribution in [0, 0.1) is 0 Å². The molecule has 0 unspecified atom stereocenters. The van der Waals surface area contributed by atoms with Crippen molar-refractivity contribution < 1.29 is 28.6 Å². The maximum Gasteiger partial charge on any atom is 0.408 e. The highest BCUT2D eigenvalue weighted by Gasteiger charge is 2.33. The van der Waals surface area contributed by atoms with Crippen LogP contribution in [0.2, 0.25) is 0 Å². The number of hydrogen-bond donors (Lipinski definition) is 2. The second-order valence-corrected chi connectivity index (χ2v) is 7.48. The number of amides is 2. The van der Waals surface area contributed by atoms with Crippen molar-refractivity contribution in [2.24, 2.45) is 0 Å². The van der Waals surface area contributed by atoms with Crippen LogP contribution in [0.1, 0.15) is 53.4 Å². The Morgan fingerprint density at radius 3 is 2.32 bits per heavy atom. The number of methoxy groups -OCH3 is 1. The normalized spacial score (nSPS) is 18.0. The van der Waals surface area contributed by atoms with Crippen LogP contribution in [0.15, 0.2) is 0 Å². The van der Waals surface area contributed by atoms with Crippen LogP contribution in [0.3, 0.4) is 0 Å². The van der Waals surface area contributed by atoms with Gasteiger partial charge < -0.3 is 24.8 Å². The number of nitrogens with one attached hydrogen (secondary N) is 2. The molecule has 144 valence electrons. The third-order valence-electron chi connectivity index (χ3n) is 3.89. The Kier molecular flexibility index (Phi) is 7.66. The predicted octanol–water partition coefficient (Wildman–Crippen LogP) is 1.52. The van der Waals surface area contributed by atoms with Crippen molar-refractivity contribution in [1.29, 1.82) is 0 Å². The van der Waals surface area contributed by atoms with E-state index in [-0.39, 0.29) is 18.7 Å². The van der Waals surface area contributed by atoms with Gasteiger partial charge in [0.2, 0.25) is 5.91 Å². The lowest BCUT2D eigenvalue weighted by atomic mass is 9.92. The van der Waals surface area contributed by atoms with Crippen molar-refractivity contribution in [3.8, 4) is 0 Å². The molecule has 0 saturated carbocycles. The zero-order valence-electron chi connectivity index (χ0n) is 15.8. The molecule has 0 spiro atoms. The molecule has 1 rings (SSSR count). The zero-order chi connectivity index (χ0) is 19.1. The van der Waals surface area contributed by atoms with E-state index in [1.165, 1.54) is 7.11 Å². The topological polar surface area (TPSA) is 103 Å². The Morgan fingerprint density at radius 2 is 1.80 bits per heavy atom. The summed E-state index contributed by atoms with van der Waals surface area (Å²) in [5, 5.41) is 5.51. The van der Waals surface area contributed by atoms with Crippen molar-refractivity contribution in [2.75, 3.05) is 20.3 Å². The summed E-state index contributed by atoms with van der Waals surface area (Å²) in [6, 6.07) is -0.881. The van der Waals surface area contributed by atoms with Gasteiger partial charge in [0.1, 0.15) is 11.6 Å². The summed E-state index contributed by atoms with van der Waals surface area (Å²) < 4.78 is 15.1. The van der Waals surface area contributed by atoms with Crippen LogP contribution in [-0.2, 0) is 23.8 Å². The molecular weight excluding hydrogens is 328 g/mol. The second kappa shape index (κ2) is 9.03. The van der Waals surface area contributed by atoms with Crippen LogP contribution >= 0.6 is 0 Å². The summed E-state index contributed by atoms with van der Waals surface area (Å²) in [5.74, 6) is -0.791. The highest BCUT2D eigenvalue weighted by Crippen LogP contribution is 2.20. The fourth-order valence-electron chi connectivity index (χ4n) is 2.41. The van der Waals surface area contributed by atoms with Gasteiger partial charge in [-0.15, -0.1) is 0 Å². The second-order valence-electron chi connectivity index (χ2n) is 7.48. The number of rotatable bonds is 6. The van der Waals surface area contributed by atoms with Crippen LogP contribution in [-0.4, -0.2) is 55.5 Å². The SMILES string of the molecule is COC(=O)CC[C@@H](NC(=O)OC(C)(C)C)C(=O)NC1(C)CCOCC1. The molecule has 0 radical (unpaired) electrons. The van der Waals surface area contributed by atoms with Crippen LogP contribution in [0.25, 0.3) is 0 Å². The molecule has 2 amide bonds. The average Bonchev–Trinajstić information content (AvgIpc) is 2.49. The molecule has 8 heteroatoms. The maximum absolute atomic E-state index is 12.6. The molecule has 1 atom stereocenters. The van der Waals surface area contributed by atoms with Gasteiger partial charge in [0.25, 0.3) is 0 Å². The number of alkyl carbamates (subject to hydrolysis) is 1. The van der Waals surface area contributed by atoms with Gasteiger partial charge in [0, 0.05) is 25.2 Å². The van der Waals surface area contributed by atoms with E-state index in [1.807, 2.05) is 6.92 Å². The summed E-state index contributed by atoms with van der Waals surface area (Å²) in [6.07, 6.45) is 0.827. The first-order valence-corrected chi connectivity index (χ1v) is 8.51. The highest BCUT2D eigenvalue weighted by atomic mass is 16.6. The van der Waals surface area contributed by atoms with Gasteiger partial charge in [0.15, 0.2) is 0 Å². The fourth-order valence-corrected chi connectivity index (χ4v) is 2.41. The predicted molar refractivity (Wildman–Crippen MR) is 91.0 cm³/mol. The number of ether oxygens (including phenoxy) is 3. The Morgan fingerprint density at radius 1 is 1.20 bits per heavy atom. The summed E-state index contributed by atoms with van der Waals surface area (Å²) >= 11 is 0. The van der Waals surface area contributed by atoms with Crippen LogP contribution in [0.4, 0.5) is 4.79 Å². The molecule has 0 aromatic carbocycles. The monoisotopic (exact) mass is 358 g/mol. The molecule has 0 aliphatic carbocycles. The third-order valence-corrected chi connectivity index (χ3v) is 3.89. The smallest absolute Gasteiger partial charge is 0.408 e. The Hall–Kier alpha value is -1.83. The Bertz CT molecular complexity index is 480. The van der Waals surface area contributed by atoms with E-state index >= 15 is 0 Å². The zero-order valence-corrected chi connectivity index (χ0v) is 15.8. The van der Waals surface area contributed by atoms with Gasteiger partial charge in [0.05, 0.1) is 7.11 Å². The molecule has 0 aromatic heterocycles. The molecule has 25 heavy (non-hydrogen) atoms. The Balaban J connectivity index is 2.72. The number of carbonyl (C=O) groups excluding carboxylic acids is 3. The van der Waals surface area contributed by atoms with E-state index in [0.717, 1.165) is 0 Å². The largest absolute Gasteiger partial charge is 0.469 e. The summed E-state index contributed by atoms with van der Waals surface area (Å²) in [4.78, 5) is 36.0. The summed E-state index contributed by atoms with van der Waals surface area (Å²) in [7, 11) is 1.28. The minimum absolute atomic E-state index is 0.0181. The van der Waals surface area contributed by atoms with E-state index in [2.05, 4.69) is 15.4 Å². The first kappa shape index (κ1) is 21.2. The van der Waals surface area contributed by atoms with Crippen LogP contribution < -0.4 is 10.6 Å². The number of carbonyl (C=O) groups is 3. The van der Waals surface area contributed by atoms with Crippen LogP contribution in [0.5, 0.6) is 0 Å². The molecule has 0 aromatic rings. The van der Waals surface area contributed by atoms with Gasteiger partial charge >= 0.3 is 12.1 Å². The maximum atomic E-state index is 12.6. The van der Waals surface area contributed by atoms with E-state index in [9.17, 15) is 14.4 Å². The van der Waals surface area contributed by atoms with Gasteiger partial charge in [-0.25, -0.2) is 4.79 Å². The molecule has 2 N–H and O–H groups in total. The van der Waals surface area contributed by atoms with Gasteiger partial charge in [-0.2, -0.15) is 0 Å². The van der Waals surface area contributed by atoms with Crippen molar-refractivity contribution in [3.63, 3.8) is 0 Å². The summed E-state index contributed by atoms with van der Waals surface area (Å²) in [6.45, 7) is 8.29. The molecular formula is C17H30N2O6. The third kappa shape index (κ3) is 8.20. The highest BCUT2D eigenvalue weighted by molar-refractivity contribution is 5.86. The summed E-state index contributed by atoms with van der Waals surface area (Å²) in [5.41, 5.74) is -1.07. The minimum Gasteiger partial charge on any atom is -0.469 e. The first-order valence-electron chi connectivity index (χ1n) is 8.51. The van der Waals surface area contributed by atoms with Crippen molar-refractivity contribution in [2.45, 2.75) is 70.6 Å². The molecule has 1 aliphatic heterocycles. The lowest BCUT2D eigenvalue weighted by molar-refractivity contribution is -0.141. The van der Waals surface area contributed by atoms with Gasteiger partial charge in [-0.05, 0) is 47.0 Å². The van der Waals surface area contributed by atoms with Crippen molar-refractivity contribution >= 4 is 18.0 Å². The van der Waals surface area contributed by atoms with E-state index < -0.39 is 29.2 Å². The molecule has 8 nitrogen and oxygen atoms in total. The van der Waals surface area contributed by atoms with Crippen molar-refractivity contribution in [1.82, 2.24) is 10.6 Å². The quantitative estimate of drug-likeness (QED) is 0.698. The molecule has 1 aliphatic rings. The number of hydrogen-bond acceptors (Lipinski definition) is 6. The van der Waals surface area contributed by atoms with E-state index in [0.29, 0.717) is 26.1 Å². The number of esters is 1. The average molecular weight is 358 g/mol. The van der Waals surface area contributed by atoms with Gasteiger partial charge in [-0.3, -0.25) is 9.59 Å². The van der Waals surface area contributed by atoms with E-state index in [4.69, 9.17) is 9.47 Å². The first-order chi connectivity index (χ1) is 11.5. The Labute approximate surface area is 148 Å². The molecule has 0 bridgehead atoms. The van der Waals surface area contributed by atoms with E-state index in [1.54, 1.807) is 20.8 Å². The minimum atomic E-state index is -0.881. The molecule has 1 fully saturated rings. The lowest BCUT2D eigenvalue weighted by Gasteiger charge is -2.35. The van der Waals surface area contributed by atoms with Gasteiger partial charge in [-0.1, -0.05) is 0 Å². The van der Waals surface area contributed by atoms with Crippen molar-refractivity contribution in [3.05, 3.63) is 0 Å². The fraction of sp³-hybridized carbons (Fsp3) is 0.824.